The standard InChI is InChI=1S/C18H16ClN3O3S2/c1-12-14(3-2-4-16(12)19)11-22(18-21-9-10-26-18)27(24,25)15-7-5-13(6-8-15)17(20)23/h2-10H,11H2,1H3,(H2,20,23). The molecule has 2 aromatic carbocycles. The number of carbonyl (C=O) groups is 1. The molecule has 140 valence electrons. The number of rotatable bonds is 6. The van der Waals surface area contributed by atoms with Crippen LogP contribution in [0.5, 0.6) is 0 Å². The molecule has 2 N–H and O–H groups in total. The highest BCUT2D eigenvalue weighted by Crippen LogP contribution is 2.29. The van der Waals surface area contributed by atoms with Gasteiger partial charge in [0.05, 0.1) is 11.4 Å². The van der Waals surface area contributed by atoms with Crippen molar-refractivity contribution in [3.63, 3.8) is 0 Å². The summed E-state index contributed by atoms with van der Waals surface area (Å²) in [6, 6.07) is 10.9. The van der Waals surface area contributed by atoms with Crippen LogP contribution >= 0.6 is 22.9 Å². The summed E-state index contributed by atoms with van der Waals surface area (Å²) < 4.78 is 27.7. The lowest BCUT2D eigenvalue weighted by molar-refractivity contribution is 0.1000. The van der Waals surface area contributed by atoms with Gasteiger partial charge in [0.2, 0.25) is 5.91 Å². The van der Waals surface area contributed by atoms with Gasteiger partial charge < -0.3 is 5.73 Å². The van der Waals surface area contributed by atoms with Crippen LogP contribution in [0, 0.1) is 6.92 Å². The molecule has 9 heteroatoms. The third kappa shape index (κ3) is 3.97. The smallest absolute Gasteiger partial charge is 0.266 e. The van der Waals surface area contributed by atoms with E-state index in [9.17, 15) is 13.2 Å². The Morgan fingerprint density at radius 2 is 1.93 bits per heavy atom. The normalized spacial score (nSPS) is 11.3. The minimum absolute atomic E-state index is 0.0439. The van der Waals surface area contributed by atoms with E-state index in [4.69, 9.17) is 17.3 Å². The number of amides is 1. The summed E-state index contributed by atoms with van der Waals surface area (Å²) >= 11 is 7.39. The third-order valence-corrected chi connectivity index (χ3v) is 7.12. The number of hydrogen-bond acceptors (Lipinski definition) is 5. The Balaban J connectivity index is 2.05. The third-order valence-electron chi connectivity index (χ3n) is 4.05. The van der Waals surface area contributed by atoms with Crippen LogP contribution in [0.4, 0.5) is 5.13 Å². The SMILES string of the molecule is Cc1c(Cl)cccc1CN(c1nccs1)S(=O)(=O)c1ccc(C(N)=O)cc1. The van der Waals surface area contributed by atoms with E-state index in [0.29, 0.717) is 10.2 Å². The van der Waals surface area contributed by atoms with Gasteiger partial charge in [-0.3, -0.25) is 4.79 Å². The fourth-order valence-corrected chi connectivity index (χ4v) is 4.95. The second-order valence-electron chi connectivity index (χ2n) is 5.74. The number of primary amides is 1. The van der Waals surface area contributed by atoms with Crippen molar-refractivity contribution in [1.82, 2.24) is 4.98 Å². The highest BCUT2D eigenvalue weighted by atomic mass is 35.5. The molecule has 0 saturated carbocycles. The van der Waals surface area contributed by atoms with Crippen LogP contribution in [-0.2, 0) is 16.6 Å². The van der Waals surface area contributed by atoms with Crippen molar-refractivity contribution in [3.05, 3.63) is 75.8 Å². The van der Waals surface area contributed by atoms with Gasteiger partial charge in [0.1, 0.15) is 0 Å². The first kappa shape index (κ1) is 19.3. The van der Waals surface area contributed by atoms with E-state index >= 15 is 0 Å². The molecule has 0 spiro atoms. The zero-order chi connectivity index (χ0) is 19.6. The lowest BCUT2D eigenvalue weighted by Gasteiger charge is -2.23. The van der Waals surface area contributed by atoms with Gasteiger partial charge in [-0.1, -0.05) is 23.7 Å². The molecule has 0 unspecified atom stereocenters. The molecule has 1 amide bonds. The summed E-state index contributed by atoms with van der Waals surface area (Å²) in [7, 11) is -3.91. The van der Waals surface area contributed by atoms with Crippen molar-refractivity contribution in [1.29, 1.82) is 0 Å². The van der Waals surface area contributed by atoms with Gasteiger partial charge in [0, 0.05) is 22.2 Å². The molecule has 27 heavy (non-hydrogen) atoms. The Morgan fingerprint density at radius 3 is 2.52 bits per heavy atom. The molecule has 1 heterocycles. The summed E-state index contributed by atoms with van der Waals surface area (Å²) in [6.45, 7) is 1.92. The van der Waals surface area contributed by atoms with Crippen LogP contribution in [0.1, 0.15) is 21.5 Å². The average molecular weight is 422 g/mol. The minimum atomic E-state index is -3.91. The summed E-state index contributed by atoms with van der Waals surface area (Å²) in [5.41, 5.74) is 7.04. The first-order valence-electron chi connectivity index (χ1n) is 7.87. The molecule has 0 atom stereocenters. The number of thiazole rings is 1. The van der Waals surface area contributed by atoms with Crippen LogP contribution in [0.15, 0.2) is 58.9 Å². The molecule has 0 saturated heterocycles. The highest BCUT2D eigenvalue weighted by Gasteiger charge is 2.27. The van der Waals surface area contributed by atoms with Crippen LogP contribution in [0.25, 0.3) is 0 Å². The summed E-state index contributed by atoms with van der Waals surface area (Å²) in [4.78, 5) is 15.4. The zero-order valence-electron chi connectivity index (χ0n) is 14.3. The van der Waals surface area contributed by atoms with Crippen molar-refractivity contribution in [3.8, 4) is 0 Å². The van der Waals surface area contributed by atoms with Gasteiger partial charge in [0.25, 0.3) is 10.0 Å². The number of benzene rings is 2. The maximum absolute atomic E-state index is 13.3. The van der Waals surface area contributed by atoms with Crippen molar-refractivity contribution in [2.75, 3.05) is 4.31 Å². The first-order chi connectivity index (χ1) is 12.8. The number of carbonyl (C=O) groups excluding carboxylic acids is 1. The quantitative estimate of drug-likeness (QED) is 0.658. The molecule has 3 aromatic rings. The van der Waals surface area contributed by atoms with Gasteiger partial charge >= 0.3 is 0 Å². The Kier molecular flexibility index (Phi) is 5.50. The maximum atomic E-state index is 13.3. The van der Waals surface area contributed by atoms with E-state index in [1.165, 1.54) is 39.9 Å². The molecular formula is C18H16ClN3O3S2. The average Bonchev–Trinajstić information content (AvgIpc) is 3.17. The predicted octanol–water partition coefficient (Wildman–Crippen LogP) is 3.60. The van der Waals surface area contributed by atoms with Crippen LogP contribution in [0.2, 0.25) is 5.02 Å². The second kappa shape index (κ2) is 7.67. The lowest BCUT2D eigenvalue weighted by Crippen LogP contribution is -2.31. The first-order valence-corrected chi connectivity index (χ1v) is 10.6. The fourth-order valence-electron chi connectivity index (χ4n) is 2.49. The minimum Gasteiger partial charge on any atom is -0.366 e. The summed E-state index contributed by atoms with van der Waals surface area (Å²) in [5.74, 6) is -0.620. The van der Waals surface area contributed by atoms with Gasteiger partial charge in [-0.05, 0) is 48.4 Å². The monoisotopic (exact) mass is 421 g/mol. The van der Waals surface area contributed by atoms with Crippen LogP contribution in [0.3, 0.4) is 0 Å². The number of halogens is 1. The van der Waals surface area contributed by atoms with Crippen molar-refractivity contribution >= 4 is 44.0 Å². The zero-order valence-corrected chi connectivity index (χ0v) is 16.7. The predicted molar refractivity (Wildman–Crippen MR) is 107 cm³/mol. The van der Waals surface area contributed by atoms with Gasteiger partial charge in [-0.25, -0.2) is 17.7 Å². The maximum Gasteiger partial charge on any atom is 0.266 e. The molecule has 0 bridgehead atoms. The Morgan fingerprint density at radius 1 is 1.22 bits per heavy atom. The van der Waals surface area contributed by atoms with Crippen LogP contribution < -0.4 is 10.0 Å². The Bertz CT molecular complexity index is 1070. The number of sulfonamides is 1. The number of anilines is 1. The van der Waals surface area contributed by atoms with Crippen molar-refractivity contribution < 1.29 is 13.2 Å². The molecule has 0 aliphatic carbocycles. The van der Waals surface area contributed by atoms with Crippen molar-refractivity contribution in [2.24, 2.45) is 5.73 Å². The number of nitrogens with two attached hydrogens (primary N) is 1. The van der Waals surface area contributed by atoms with Gasteiger partial charge in [-0.15, -0.1) is 11.3 Å². The fraction of sp³-hybridized carbons (Fsp3) is 0.111. The topological polar surface area (TPSA) is 93.4 Å². The van der Waals surface area contributed by atoms with Crippen molar-refractivity contribution in [2.45, 2.75) is 18.4 Å². The summed E-state index contributed by atoms with van der Waals surface area (Å²) in [6.07, 6.45) is 1.55. The lowest BCUT2D eigenvalue weighted by atomic mass is 10.1. The van der Waals surface area contributed by atoms with Crippen LogP contribution in [-0.4, -0.2) is 19.3 Å². The molecular weight excluding hydrogens is 406 g/mol. The molecule has 1 aromatic heterocycles. The molecule has 3 rings (SSSR count). The van der Waals surface area contributed by atoms with E-state index in [-0.39, 0.29) is 17.0 Å². The van der Waals surface area contributed by atoms with E-state index in [0.717, 1.165) is 11.1 Å². The number of nitrogens with zero attached hydrogens (tertiary/aromatic N) is 2. The van der Waals surface area contributed by atoms with Gasteiger partial charge in [0.15, 0.2) is 5.13 Å². The molecule has 6 nitrogen and oxygen atoms in total. The number of hydrogen-bond donors (Lipinski definition) is 1. The number of aromatic nitrogens is 1. The second-order valence-corrected chi connectivity index (χ2v) is 8.88. The van der Waals surface area contributed by atoms with E-state index < -0.39 is 15.9 Å². The molecule has 0 radical (unpaired) electrons. The largest absolute Gasteiger partial charge is 0.366 e. The molecule has 0 aliphatic heterocycles. The Labute approximate surface area is 166 Å². The highest BCUT2D eigenvalue weighted by molar-refractivity contribution is 7.93. The summed E-state index contributed by atoms with van der Waals surface area (Å²) in [5, 5.41) is 2.61. The molecule has 0 fully saturated rings. The van der Waals surface area contributed by atoms with Gasteiger partial charge in [-0.2, -0.15) is 0 Å². The Hall–Kier alpha value is -2.42. The van der Waals surface area contributed by atoms with E-state index in [2.05, 4.69) is 4.98 Å². The van der Waals surface area contributed by atoms with E-state index in [1.54, 1.807) is 23.7 Å². The molecule has 0 aliphatic rings. The van der Waals surface area contributed by atoms with E-state index in [1.807, 2.05) is 13.0 Å².